The fourth-order valence-corrected chi connectivity index (χ4v) is 6.26. The summed E-state index contributed by atoms with van der Waals surface area (Å²) in [5.74, 6) is -0.125. The number of hydrogen-bond acceptors (Lipinski definition) is 3. The maximum atomic E-state index is 14.4. The molecule has 0 spiro atoms. The predicted octanol–water partition coefficient (Wildman–Crippen LogP) is 11.5. The van der Waals surface area contributed by atoms with Crippen LogP contribution in [0.15, 0.2) is 109 Å². The van der Waals surface area contributed by atoms with Gasteiger partial charge in [0.1, 0.15) is 23.3 Å². The fraction of sp³-hybridized carbons (Fsp3) is 0.405. The molecule has 4 heteroatoms. The molecule has 0 N–H and O–H groups in total. The van der Waals surface area contributed by atoms with Crippen molar-refractivity contribution in [3.63, 3.8) is 0 Å². The Bertz CT molecular complexity index is 1340. The van der Waals surface area contributed by atoms with Crippen molar-refractivity contribution in [3.05, 3.63) is 137 Å². The van der Waals surface area contributed by atoms with Gasteiger partial charge in [0.05, 0.1) is 18.2 Å². The average Bonchev–Trinajstić information content (AvgIpc) is 3.10. The zero-order valence-corrected chi connectivity index (χ0v) is 27.5. The molecule has 4 rings (SSSR count). The molecule has 0 aliphatic heterocycles. The van der Waals surface area contributed by atoms with Crippen molar-refractivity contribution in [2.75, 3.05) is 6.61 Å². The summed E-state index contributed by atoms with van der Waals surface area (Å²) >= 11 is 0. The van der Waals surface area contributed by atoms with Crippen LogP contribution in [0.2, 0.25) is 0 Å². The predicted molar refractivity (Wildman–Crippen MR) is 186 cm³/mol. The summed E-state index contributed by atoms with van der Waals surface area (Å²) in [4.78, 5) is 0. The van der Waals surface area contributed by atoms with Crippen molar-refractivity contribution in [1.82, 2.24) is 0 Å². The van der Waals surface area contributed by atoms with E-state index < -0.39 is 11.4 Å². The molecule has 0 aliphatic rings. The van der Waals surface area contributed by atoms with Gasteiger partial charge >= 0.3 is 0 Å². The van der Waals surface area contributed by atoms with Crippen molar-refractivity contribution in [3.8, 4) is 11.8 Å². The Morgan fingerprint density at radius 3 is 1.54 bits per heavy atom. The monoisotopic (exact) mass is 619 g/mol. The van der Waals surface area contributed by atoms with Gasteiger partial charge in [-0.15, -0.1) is 0 Å². The molecule has 0 fully saturated rings. The molecule has 1 atom stereocenters. The van der Waals surface area contributed by atoms with Crippen LogP contribution in [-0.4, -0.2) is 12.7 Å². The van der Waals surface area contributed by atoms with Crippen LogP contribution < -0.4 is 4.74 Å². The van der Waals surface area contributed by atoms with Gasteiger partial charge in [0.25, 0.3) is 0 Å². The number of benzene rings is 4. The van der Waals surface area contributed by atoms with Gasteiger partial charge in [-0.2, -0.15) is 5.26 Å². The second-order valence-corrected chi connectivity index (χ2v) is 12.3. The van der Waals surface area contributed by atoms with Gasteiger partial charge in [-0.1, -0.05) is 169 Å². The number of nitrogens with zero attached hydrogens (tertiary/aromatic N) is 1. The van der Waals surface area contributed by atoms with Crippen molar-refractivity contribution < 1.29 is 13.9 Å². The van der Waals surface area contributed by atoms with Gasteiger partial charge in [0.2, 0.25) is 0 Å². The Hall–Kier alpha value is -3.94. The smallest absolute Gasteiger partial charge is 0.143 e. The van der Waals surface area contributed by atoms with Gasteiger partial charge in [0.15, 0.2) is 0 Å². The highest BCUT2D eigenvalue weighted by atomic mass is 19.1. The largest absolute Gasteiger partial charge is 0.488 e. The quantitative estimate of drug-likeness (QED) is 0.0688. The molecule has 0 saturated heterocycles. The first-order chi connectivity index (χ1) is 22.7. The van der Waals surface area contributed by atoms with E-state index >= 15 is 0 Å². The highest BCUT2D eigenvalue weighted by Crippen LogP contribution is 2.41. The number of rotatable bonds is 21. The lowest BCUT2D eigenvalue weighted by atomic mass is 9.80. The minimum absolute atomic E-state index is 0.243. The lowest BCUT2D eigenvalue weighted by molar-refractivity contribution is -0.0330. The summed E-state index contributed by atoms with van der Waals surface area (Å²) in [5.41, 5.74) is 2.44. The number of unbranched alkanes of at least 4 members (excludes halogenated alkanes) is 11. The van der Waals surface area contributed by atoms with Crippen LogP contribution in [0.4, 0.5) is 4.39 Å². The van der Waals surface area contributed by atoms with E-state index in [0.29, 0.717) is 5.75 Å². The molecule has 46 heavy (non-hydrogen) atoms. The lowest BCUT2D eigenvalue weighted by Gasteiger charge is -2.37. The summed E-state index contributed by atoms with van der Waals surface area (Å²) in [6, 6.07) is 37.1. The third-order valence-electron chi connectivity index (χ3n) is 8.71. The summed E-state index contributed by atoms with van der Waals surface area (Å²) in [6.45, 7) is 2.55. The van der Waals surface area contributed by atoms with E-state index in [9.17, 15) is 9.65 Å². The maximum Gasteiger partial charge on any atom is 0.143 e. The molecule has 0 aromatic heterocycles. The van der Waals surface area contributed by atoms with Crippen molar-refractivity contribution in [2.24, 2.45) is 0 Å². The van der Waals surface area contributed by atoms with E-state index in [-0.39, 0.29) is 18.3 Å². The molecular formula is C42H50FNO2. The van der Waals surface area contributed by atoms with E-state index in [4.69, 9.17) is 9.47 Å². The maximum absolute atomic E-state index is 14.4. The number of hydrogen-bond donors (Lipinski definition) is 0. The molecule has 242 valence electrons. The normalized spacial score (nSPS) is 12.0. The topological polar surface area (TPSA) is 42.2 Å². The Kier molecular flexibility index (Phi) is 14.8. The molecule has 0 unspecified atom stereocenters. The first-order valence-corrected chi connectivity index (χ1v) is 17.3. The molecular weight excluding hydrogens is 569 g/mol. The Morgan fingerprint density at radius 2 is 1.09 bits per heavy atom. The van der Waals surface area contributed by atoms with E-state index in [0.717, 1.165) is 36.0 Å². The van der Waals surface area contributed by atoms with Crippen LogP contribution >= 0.6 is 0 Å². The zero-order valence-electron chi connectivity index (χ0n) is 27.5. The molecule has 0 saturated carbocycles. The minimum Gasteiger partial charge on any atom is -0.488 e. The summed E-state index contributed by atoms with van der Waals surface area (Å²) < 4.78 is 27.9. The molecule has 0 radical (unpaired) electrons. The van der Waals surface area contributed by atoms with Gasteiger partial charge in [0, 0.05) is 6.07 Å². The first-order valence-electron chi connectivity index (χ1n) is 17.3. The Morgan fingerprint density at radius 1 is 0.630 bits per heavy atom. The molecule has 3 nitrogen and oxygen atoms in total. The molecule has 0 bridgehead atoms. The zero-order chi connectivity index (χ0) is 32.3. The fourth-order valence-electron chi connectivity index (χ4n) is 6.26. The Labute approximate surface area is 276 Å². The lowest BCUT2D eigenvalue weighted by Crippen LogP contribution is -2.37. The van der Waals surface area contributed by atoms with Gasteiger partial charge < -0.3 is 9.47 Å². The third kappa shape index (κ3) is 10.6. The van der Waals surface area contributed by atoms with Gasteiger partial charge in [-0.05, 0) is 41.7 Å². The second-order valence-electron chi connectivity index (χ2n) is 12.3. The standard InChI is InChI=1S/C42H50FNO2/c1-2-3-4-5-6-7-8-9-10-11-12-22-29-40(46-41-31-35(33-44)30-39(43)32-41)34-45-42(36-23-16-13-17-24-36,37-25-18-14-19-26-37)38-27-20-15-21-28-38/h13-21,23-28,30-32,40H,2-12,22,29,34H2,1H3/t40-/m0/s1. The van der Waals surface area contributed by atoms with E-state index in [1.807, 2.05) is 60.7 Å². The number of nitriles is 1. The molecule has 0 amide bonds. The highest BCUT2D eigenvalue weighted by Gasteiger charge is 2.38. The van der Waals surface area contributed by atoms with Crippen LogP contribution in [0.25, 0.3) is 0 Å². The molecule has 0 heterocycles. The second kappa shape index (κ2) is 19.5. The first kappa shape index (κ1) is 34.9. The Balaban J connectivity index is 1.48. The third-order valence-corrected chi connectivity index (χ3v) is 8.71. The molecule has 4 aromatic rings. The molecule has 4 aromatic carbocycles. The van der Waals surface area contributed by atoms with Crippen LogP contribution in [-0.2, 0) is 10.3 Å². The van der Waals surface area contributed by atoms with E-state index in [1.165, 1.54) is 76.3 Å². The summed E-state index contributed by atoms with van der Waals surface area (Å²) in [5, 5.41) is 9.44. The van der Waals surface area contributed by atoms with Crippen LogP contribution in [0.1, 0.15) is 113 Å². The number of ether oxygens (including phenoxy) is 2. The SMILES string of the molecule is CCCCCCCCCCCCCC[C@@H](COC(c1ccccc1)(c1ccccc1)c1ccccc1)Oc1cc(F)cc(C#N)c1. The van der Waals surface area contributed by atoms with E-state index in [2.05, 4.69) is 43.3 Å². The van der Waals surface area contributed by atoms with Crippen LogP contribution in [0.5, 0.6) is 5.75 Å². The average molecular weight is 620 g/mol. The van der Waals surface area contributed by atoms with Gasteiger partial charge in [-0.3, -0.25) is 0 Å². The number of halogens is 1. The minimum atomic E-state index is -0.873. The summed E-state index contributed by atoms with van der Waals surface area (Å²) in [6.07, 6.45) is 15.7. The van der Waals surface area contributed by atoms with Crippen molar-refractivity contribution in [2.45, 2.75) is 102 Å². The van der Waals surface area contributed by atoms with E-state index in [1.54, 1.807) is 6.07 Å². The summed E-state index contributed by atoms with van der Waals surface area (Å²) in [7, 11) is 0. The van der Waals surface area contributed by atoms with Crippen LogP contribution in [0.3, 0.4) is 0 Å². The van der Waals surface area contributed by atoms with Gasteiger partial charge in [-0.25, -0.2) is 4.39 Å². The van der Waals surface area contributed by atoms with Crippen molar-refractivity contribution in [1.29, 1.82) is 5.26 Å². The highest BCUT2D eigenvalue weighted by molar-refractivity contribution is 5.47. The van der Waals surface area contributed by atoms with Crippen molar-refractivity contribution >= 4 is 0 Å². The van der Waals surface area contributed by atoms with Crippen LogP contribution in [0, 0.1) is 17.1 Å². The molecule has 0 aliphatic carbocycles.